The Kier molecular flexibility index (Phi) is 5.47. The fraction of sp³-hybridized carbons (Fsp3) is 0.214. The average molecular weight is 426 g/mol. The van der Waals surface area contributed by atoms with Crippen molar-refractivity contribution in [2.45, 2.75) is 33.1 Å². The van der Waals surface area contributed by atoms with Gasteiger partial charge in [0.15, 0.2) is 0 Å². The second kappa shape index (κ2) is 8.12. The van der Waals surface area contributed by atoms with E-state index in [0.29, 0.717) is 16.8 Å². The van der Waals surface area contributed by atoms with E-state index in [-0.39, 0.29) is 11.3 Å². The van der Waals surface area contributed by atoms with Crippen LogP contribution in [0.3, 0.4) is 0 Å². The number of esters is 1. The SMILES string of the molecule is COC(=O)C1=C(C)N(c2cccc3ccccc23)C(=O)C1=Cc1ccc(C(C)(C)C)cc1. The molecule has 0 saturated carbocycles. The molecule has 32 heavy (non-hydrogen) atoms. The summed E-state index contributed by atoms with van der Waals surface area (Å²) in [6.45, 7) is 8.26. The van der Waals surface area contributed by atoms with E-state index in [0.717, 1.165) is 22.0 Å². The lowest BCUT2D eigenvalue weighted by atomic mass is 9.86. The van der Waals surface area contributed by atoms with E-state index in [1.54, 1.807) is 17.9 Å². The Labute approximate surface area is 188 Å². The van der Waals surface area contributed by atoms with Gasteiger partial charge >= 0.3 is 5.97 Å². The predicted octanol–water partition coefficient (Wildman–Crippen LogP) is 6.01. The van der Waals surface area contributed by atoms with Crippen molar-refractivity contribution in [3.05, 3.63) is 94.7 Å². The molecule has 1 aliphatic rings. The number of anilines is 1. The van der Waals surface area contributed by atoms with E-state index in [9.17, 15) is 9.59 Å². The second-order valence-electron chi connectivity index (χ2n) is 9.02. The van der Waals surface area contributed by atoms with Gasteiger partial charge in [-0.05, 0) is 41.0 Å². The molecule has 1 amide bonds. The maximum atomic E-state index is 13.6. The zero-order valence-corrected chi connectivity index (χ0v) is 19.1. The molecule has 0 saturated heterocycles. The monoisotopic (exact) mass is 425 g/mol. The number of ether oxygens (including phenoxy) is 1. The highest BCUT2D eigenvalue weighted by molar-refractivity contribution is 6.25. The highest BCUT2D eigenvalue weighted by atomic mass is 16.5. The normalized spacial score (nSPS) is 15.7. The lowest BCUT2D eigenvalue weighted by molar-refractivity contribution is -0.136. The zero-order chi connectivity index (χ0) is 23.0. The van der Waals surface area contributed by atoms with Gasteiger partial charge < -0.3 is 4.74 Å². The van der Waals surface area contributed by atoms with E-state index in [1.165, 1.54) is 12.7 Å². The molecule has 1 aliphatic heterocycles. The van der Waals surface area contributed by atoms with Crippen LogP contribution in [0.4, 0.5) is 5.69 Å². The summed E-state index contributed by atoms with van der Waals surface area (Å²) < 4.78 is 5.04. The topological polar surface area (TPSA) is 46.6 Å². The lowest BCUT2D eigenvalue weighted by Crippen LogP contribution is -2.24. The first kappa shape index (κ1) is 21.6. The van der Waals surface area contributed by atoms with Crippen molar-refractivity contribution in [1.29, 1.82) is 0 Å². The van der Waals surface area contributed by atoms with Crippen LogP contribution in [0.5, 0.6) is 0 Å². The Balaban J connectivity index is 1.84. The molecule has 3 aromatic rings. The van der Waals surface area contributed by atoms with Crippen LogP contribution in [0, 0.1) is 0 Å². The number of fused-ring (bicyclic) bond motifs is 1. The fourth-order valence-electron chi connectivity index (χ4n) is 4.12. The van der Waals surface area contributed by atoms with Crippen LogP contribution < -0.4 is 4.90 Å². The van der Waals surface area contributed by atoms with Crippen molar-refractivity contribution in [3.63, 3.8) is 0 Å². The van der Waals surface area contributed by atoms with Gasteiger partial charge in [0.2, 0.25) is 0 Å². The molecule has 4 rings (SSSR count). The van der Waals surface area contributed by atoms with Gasteiger partial charge in [0.1, 0.15) is 0 Å². The third kappa shape index (κ3) is 3.73. The van der Waals surface area contributed by atoms with Crippen molar-refractivity contribution in [1.82, 2.24) is 0 Å². The van der Waals surface area contributed by atoms with Gasteiger partial charge in [-0.2, -0.15) is 0 Å². The number of carbonyl (C=O) groups excluding carboxylic acids is 2. The van der Waals surface area contributed by atoms with Gasteiger partial charge in [-0.15, -0.1) is 0 Å². The number of carbonyl (C=O) groups is 2. The molecule has 0 aromatic heterocycles. The van der Waals surface area contributed by atoms with Gasteiger partial charge in [0.05, 0.1) is 23.9 Å². The van der Waals surface area contributed by atoms with Gasteiger partial charge in [-0.3, -0.25) is 9.69 Å². The third-order valence-electron chi connectivity index (χ3n) is 5.88. The lowest BCUT2D eigenvalue weighted by Gasteiger charge is -2.20. The molecule has 3 aromatic carbocycles. The van der Waals surface area contributed by atoms with Gasteiger partial charge in [-0.1, -0.05) is 81.4 Å². The Bertz CT molecular complexity index is 1270. The molecule has 0 atom stereocenters. The van der Waals surface area contributed by atoms with E-state index in [1.807, 2.05) is 54.6 Å². The number of methoxy groups -OCH3 is 1. The van der Waals surface area contributed by atoms with Crippen molar-refractivity contribution in [3.8, 4) is 0 Å². The minimum Gasteiger partial charge on any atom is -0.465 e. The minimum absolute atomic E-state index is 0.0354. The smallest absolute Gasteiger partial charge is 0.340 e. The Morgan fingerprint density at radius 3 is 2.25 bits per heavy atom. The van der Waals surface area contributed by atoms with Gasteiger partial charge in [0, 0.05) is 11.1 Å². The molecule has 0 bridgehead atoms. The summed E-state index contributed by atoms with van der Waals surface area (Å²) in [5.74, 6) is -0.754. The number of hydrogen-bond donors (Lipinski definition) is 0. The molecule has 162 valence electrons. The number of benzene rings is 3. The molecular weight excluding hydrogens is 398 g/mol. The number of rotatable bonds is 3. The molecule has 4 nitrogen and oxygen atoms in total. The quantitative estimate of drug-likeness (QED) is 0.381. The number of nitrogens with zero attached hydrogens (tertiary/aromatic N) is 1. The Morgan fingerprint density at radius 1 is 0.938 bits per heavy atom. The average Bonchev–Trinajstić information content (AvgIpc) is 3.02. The first-order chi connectivity index (χ1) is 15.2. The Hall–Kier alpha value is -3.66. The summed E-state index contributed by atoms with van der Waals surface area (Å²) in [7, 11) is 1.34. The van der Waals surface area contributed by atoms with E-state index >= 15 is 0 Å². The highest BCUT2D eigenvalue weighted by Crippen LogP contribution is 2.38. The fourth-order valence-corrected chi connectivity index (χ4v) is 4.12. The van der Waals surface area contributed by atoms with Crippen LogP contribution >= 0.6 is 0 Å². The molecule has 4 heteroatoms. The standard InChI is InChI=1S/C28H27NO3/c1-18-25(27(31)32-5)23(17-19-13-15-21(16-14-19)28(2,3)4)26(30)29(18)24-12-8-10-20-9-6-7-11-22(20)24/h6-17H,1-5H3. The van der Waals surface area contributed by atoms with Gasteiger partial charge in [0.25, 0.3) is 5.91 Å². The summed E-state index contributed by atoms with van der Waals surface area (Å²) >= 11 is 0. The van der Waals surface area contributed by atoms with Crippen molar-refractivity contribution in [2.75, 3.05) is 12.0 Å². The van der Waals surface area contributed by atoms with Gasteiger partial charge in [-0.25, -0.2) is 4.79 Å². The molecular formula is C28H27NO3. The van der Waals surface area contributed by atoms with Crippen molar-refractivity contribution < 1.29 is 14.3 Å². The zero-order valence-electron chi connectivity index (χ0n) is 19.1. The molecule has 0 fully saturated rings. The summed E-state index contributed by atoms with van der Waals surface area (Å²) in [6.07, 6.45) is 1.77. The number of hydrogen-bond acceptors (Lipinski definition) is 3. The van der Waals surface area contributed by atoms with Crippen molar-refractivity contribution in [2.24, 2.45) is 0 Å². The van der Waals surface area contributed by atoms with Crippen LogP contribution in [0.1, 0.15) is 38.8 Å². The van der Waals surface area contributed by atoms with Crippen molar-refractivity contribution >= 4 is 34.4 Å². The Morgan fingerprint density at radius 2 is 1.59 bits per heavy atom. The van der Waals surface area contributed by atoms with E-state index < -0.39 is 5.97 Å². The van der Waals surface area contributed by atoms with E-state index in [2.05, 4.69) is 32.9 Å². The molecule has 0 spiro atoms. The van der Waals surface area contributed by atoms with Crippen LogP contribution in [-0.2, 0) is 19.7 Å². The molecule has 0 N–H and O–H groups in total. The van der Waals surface area contributed by atoms with Crippen LogP contribution in [-0.4, -0.2) is 19.0 Å². The van der Waals surface area contributed by atoms with E-state index in [4.69, 9.17) is 4.74 Å². The molecule has 0 unspecified atom stereocenters. The first-order valence-electron chi connectivity index (χ1n) is 10.7. The number of amides is 1. The highest BCUT2D eigenvalue weighted by Gasteiger charge is 2.38. The summed E-state index contributed by atoms with van der Waals surface area (Å²) in [4.78, 5) is 27.9. The summed E-state index contributed by atoms with van der Waals surface area (Å²) in [5.41, 5.74) is 4.05. The largest absolute Gasteiger partial charge is 0.465 e. The van der Waals surface area contributed by atoms with Crippen LogP contribution in [0.25, 0.3) is 16.8 Å². The molecule has 0 radical (unpaired) electrons. The summed E-state index contributed by atoms with van der Waals surface area (Å²) in [5, 5.41) is 1.98. The summed E-state index contributed by atoms with van der Waals surface area (Å²) in [6, 6.07) is 21.8. The first-order valence-corrected chi connectivity index (χ1v) is 10.7. The molecule has 0 aliphatic carbocycles. The third-order valence-corrected chi connectivity index (χ3v) is 5.88. The molecule has 1 heterocycles. The second-order valence-corrected chi connectivity index (χ2v) is 9.02. The predicted molar refractivity (Wildman–Crippen MR) is 129 cm³/mol. The maximum absolute atomic E-state index is 13.6. The van der Waals surface area contributed by atoms with Crippen LogP contribution in [0.2, 0.25) is 0 Å². The number of allylic oxidation sites excluding steroid dienone is 1. The van der Waals surface area contributed by atoms with Crippen LogP contribution in [0.15, 0.2) is 83.6 Å². The minimum atomic E-state index is -0.517. The maximum Gasteiger partial charge on any atom is 0.340 e.